The summed E-state index contributed by atoms with van der Waals surface area (Å²) < 4.78 is 0. The van der Waals surface area contributed by atoms with Gasteiger partial charge < -0.3 is 10.2 Å². The van der Waals surface area contributed by atoms with Gasteiger partial charge in [-0.2, -0.15) is 0 Å². The Labute approximate surface area is 210 Å². The monoisotopic (exact) mass is 470 g/mol. The van der Waals surface area contributed by atoms with E-state index in [0.717, 1.165) is 33.4 Å². The maximum atomic E-state index is 13.9. The van der Waals surface area contributed by atoms with Crippen molar-refractivity contribution >= 4 is 11.8 Å². The first-order valence-electron chi connectivity index (χ1n) is 12.3. The van der Waals surface area contributed by atoms with E-state index in [-0.39, 0.29) is 18.2 Å². The molecule has 0 heterocycles. The summed E-state index contributed by atoms with van der Waals surface area (Å²) in [6.45, 7) is 12.4. The summed E-state index contributed by atoms with van der Waals surface area (Å²) in [5.74, 6) is -0.188. The lowest BCUT2D eigenvalue weighted by atomic mass is 9.98. The standard InChI is InChI=1S/C31H38N2O2/c1-22-13-16-26(17-14-22)21-33(29(34)20-27-18-23(2)12-15-24(27)3)28(30(35)32-31(4,5)6)19-25-10-8-7-9-11-25/h7-18,28H,19-21H2,1-6H3,(H,32,35)/t28-/m1/s1. The van der Waals surface area contributed by atoms with Gasteiger partial charge in [0.05, 0.1) is 6.42 Å². The van der Waals surface area contributed by atoms with Crippen LogP contribution in [0.4, 0.5) is 0 Å². The highest BCUT2D eigenvalue weighted by molar-refractivity contribution is 5.89. The highest BCUT2D eigenvalue weighted by Crippen LogP contribution is 2.19. The second-order valence-corrected chi connectivity index (χ2v) is 10.6. The highest BCUT2D eigenvalue weighted by Gasteiger charge is 2.32. The molecule has 0 saturated heterocycles. The fourth-order valence-corrected chi connectivity index (χ4v) is 4.15. The van der Waals surface area contributed by atoms with E-state index < -0.39 is 11.6 Å². The molecule has 0 spiro atoms. The molecule has 3 aromatic carbocycles. The highest BCUT2D eigenvalue weighted by atomic mass is 16.2. The molecule has 1 atom stereocenters. The van der Waals surface area contributed by atoms with Gasteiger partial charge >= 0.3 is 0 Å². The normalized spacial score (nSPS) is 12.2. The van der Waals surface area contributed by atoms with Crippen molar-refractivity contribution in [3.8, 4) is 0 Å². The van der Waals surface area contributed by atoms with Gasteiger partial charge in [0.2, 0.25) is 11.8 Å². The van der Waals surface area contributed by atoms with Crippen LogP contribution in [0.2, 0.25) is 0 Å². The van der Waals surface area contributed by atoms with Crippen molar-refractivity contribution in [2.24, 2.45) is 0 Å². The first kappa shape index (κ1) is 26.2. The van der Waals surface area contributed by atoms with E-state index in [1.807, 2.05) is 96.1 Å². The molecule has 1 N–H and O–H groups in total. The molecule has 3 aromatic rings. The Kier molecular flexibility index (Phi) is 8.50. The number of hydrogen-bond acceptors (Lipinski definition) is 2. The van der Waals surface area contributed by atoms with E-state index in [4.69, 9.17) is 0 Å². The predicted octanol–water partition coefficient (Wildman–Crippen LogP) is 5.71. The fourth-order valence-electron chi connectivity index (χ4n) is 4.15. The molecule has 35 heavy (non-hydrogen) atoms. The predicted molar refractivity (Wildman–Crippen MR) is 143 cm³/mol. The van der Waals surface area contributed by atoms with E-state index >= 15 is 0 Å². The number of rotatable bonds is 8. The number of aryl methyl sites for hydroxylation is 3. The zero-order valence-corrected chi connectivity index (χ0v) is 21.9. The van der Waals surface area contributed by atoms with Crippen LogP contribution in [0.1, 0.15) is 54.2 Å². The van der Waals surface area contributed by atoms with Crippen LogP contribution in [-0.2, 0) is 29.0 Å². The van der Waals surface area contributed by atoms with Crippen molar-refractivity contribution < 1.29 is 9.59 Å². The Balaban J connectivity index is 2.01. The lowest BCUT2D eigenvalue weighted by Gasteiger charge is -2.34. The first-order valence-corrected chi connectivity index (χ1v) is 12.3. The van der Waals surface area contributed by atoms with Gasteiger partial charge in [-0.1, -0.05) is 83.9 Å². The minimum Gasteiger partial charge on any atom is -0.350 e. The van der Waals surface area contributed by atoms with E-state index in [1.54, 1.807) is 4.90 Å². The summed E-state index contributed by atoms with van der Waals surface area (Å²) in [6, 6.07) is 23.6. The van der Waals surface area contributed by atoms with Crippen LogP contribution in [0.5, 0.6) is 0 Å². The van der Waals surface area contributed by atoms with Gasteiger partial charge in [0.15, 0.2) is 0 Å². The van der Waals surface area contributed by atoms with Gasteiger partial charge in [-0.3, -0.25) is 9.59 Å². The van der Waals surface area contributed by atoms with Crippen LogP contribution in [0.25, 0.3) is 0 Å². The van der Waals surface area contributed by atoms with Crippen LogP contribution < -0.4 is 5.32 Å². The Morgan fingerprint density at radius 1 is 0.829 bits per heavy atom. The summed E-state index contributed by atoms with van der Waals surface area (Å²) in [7, 11) is 0. The quantitative estimate of drug-likeness (QED) is 0.458. The fraction of sp³-hybridized carbons (Fsp3) is 0.355. The molecule has 0 bridgehead atoms. The minimum atomic E-state index is -0.629. The molecule has 4 heteroatoms. The molecule has 0 aliphatic carbocycles. The zero-order chi connectivity index (χ0) is 25.6. The number of nitrogens with zero attached hydrogens (tertiary/aromatic N) is 1. The second-order valence-electron chi connectivity index (χ2n) is 10.6. The summed E-state index contributed by atoms with van der Waals surface area (Å²) in [5, 5.41) is 3.12. The van der Waals surface area contributed by atoms with Crippen LogP contribution in [0.15, 0.2) is 72.8 Å². The van der Waals surface area contributed by atoms with Gasteiger partial charge in [0.1, 0.15) is 6.04 Å². The Morgan fingerprint density at radius 2 is 1.46 bits per heavy atom. The zero-order valence-electron chi connectivity index (χ0n) is 21.9. The molecular formula is C31H38N2O2. The van der Waals surface area contributed by atoms with Crippen LogP contribution in [0.3, 0.4) is 0 Å². The first-order chi connectivity index (χ1) is 16.5. The minimum absolute atomic E-state index is 0.0516. The van der Waals surface area contributed by atoms with Crippen LogP contribution in [-0.4, -0.2) is 28.3 Å². The van der Waals surface area contributed by atoms with E-state index in [0.29, 0.717) is 13.0 Å². The average Bonchev–Trinajstić information content (AvgIpc) is 2.79. The summed E-state index contributed by atoms with van der Waals surface area (Å²) in [6.07, 6.45) is 0.709. The molecule has 0 fully saturated rings. The average molecular weight is 471 g/mol. The molecule has 4 nitrogen and oxygen atoms in total. The largest absolute Gasteiger partial charge is 0.350 e. The third-order valence-electron chi connectivity index (χ3n) is 6.09. The van der Waals surface area contributed by atoms with Crippen molar-refractivity contribution in [2.45, 2.75) is 72.5 Å². The topological polar surface area (TPSA) is 49.4 Å². The smallest absolute Gasteiger partial charge is 0.243 e. The lowest BCUT2D eigenvalue weighted by molar-refractivity contribution is -0.141. The third-order valence-corrected chi connectivity index (χ3v) is 6.09. The van der Waals surface area contributed by atoms with E-state index in [2.05, 4.69) is 23.5 Å². The number of benzene rings is 3. The Morgan fingerprint density at radius 3 is 2.09 bits per heavy atom. The van der Waals surface area contributed by atoms with Gasteiger partial charge in [-0.15, -0.1) is 0 Å². The van der Waals surface area contributed by atoms with Crippen molar-refractivity contribution in [1.82, 2.24) is 10.2 Å². The molecule has 0 aromatic heterocycles. The molecule has 2 amide bonds. The van der Waals surface area contributed by atoms with Gasteiger partial charge in [-0.05, 0) is 63.8 Å². The lowest BCUT2D eigenvalue weighted by Crippen LogP contribution is -2.54. The SMILES string of the molecule is Cc1ccc(CN(C(=O)Cc2cc(C)ccc2C)[C@H](Cc2ccccc2)C(=O)NC(C)(C)C)cc1. The summed E-state index contributed by atoms with van der Waals surface area (Å²) in [5.41, 5.74) is 5.99. The van der Waals surface area contributed by atoms with Crippen molar-refractivity contribution in [1.29, 1.82) is 0 Å². The van der Waals surface area contributed by atoms with Gasteiger partial charge in [0, 0.05) is 18.5 Å². The molecule has 0 unspecified atom stereocenters. The Hall–Kier alpha value is -3.40. The van der Waals surface area contributed by atoms with E-state index in [9.17, 15) is 9.59 Å². The Bertz CT molecular complexity index is 1140. The number of nitrogens with one attached hydrogen (secondary N) is 1. The number of hydrogen-bond donors (Lipinski definition) is 1. The van der Waals surface area contributed by atoms with Gasteiger partial charge in [0.25, 0.3) is 0 Å². The van der Waals surface area contributed by atoms with Crippen LogP contribution >= 0.6 is 0 Å². The third kappa shape index (κ3) is 7.81. The molecule has 3 rings (SSSR count). The molecule has 184 valence electrons. The van der Waals surface area contributed by atoms with Crippen molar-refractivity contribution in [2.75, 3.05) is 0 Å². The second kappa shape index (κ2) is 11.4. The summed E-state index contributed by atoms with van der Waals surface area (Å²) >= 11 is 0. The van der Waals surface area contributed by atoms with Gasteiger partial charge in [-0.25, -0.2) is 0 Å². The van der Waals surface area contributed by atoms with Crippen molar-refractivity contribution in [3.63, 3.8) is 0 Å². The maximum absolute atomic E-state index is 13.9. The molecule has 0 radical (unpaired) electrons. The maximum Gasteiger partial charge on any atom is 0.243 e. The number of amides is 2. The van der Waals surface area contributed by atoms with Crippen molar-refractivity contribution in [3.05, 3.63) is 106 Å². The van der Waals surface area contributed by atoms with Crippen LogP contribution in [0, 0.1) is 20.8 Å². The van der Waals surface area contributed by atoms with E-state index in [1.165, 1.54) is 0 Å². The molecular weight excluding hydrogens is 432 g/mol. The molecule has 0 saturated carbocycles. The molecule has 0 aliphatic heterocycles. The molecule has 0 aliphatic rings. The number of carbonyl (C=O) groups is 2. The summed E-state index contributed by atoms with van der Waals surface area (Å²) in [4.78, 5) is 29.3. The number of carbonyl (C=O) groups excluding carboxylic acids is 2.